The van der Waals surface area contributed by atoms with Gasteiger partial charge in [-0.3, -0.25) is 4.79 Å². The maximum atomic E-state index is 11.9. The molecule has 0 saturated heterocycles. The summed E-state index contributed by atoms with van der Waals surface area (Å²) in [6.07, 6.45) is 2.53. The quantitative estimate of drug-likeness (QED) is 0.774. The Labute approximate surface area is 119 Å². The summed E-state index contributed by atoms with van der Waals surface area (Å²) in [5.74, 6) is -0.218. The summed E-state index contributed by atoms with van der Waals surface area (Å²) in [5.41, 5.74) is 1.10. The van der Waals surface area contributed by atoms with Crippen LogP contribution in [0.5, 0.6) is 0 Å². The maximum Gasteiger partial charge on any atom is 0.248 e. The molecule has 0 heterocycles. The van der Waals surface area contributed by atoms with Crippen molar-refractivity contribution in [2.75, 3.05) is 13.2 Å². The first-order valence-electron chi connectivity index (χ1n) is 6.88. The Bertz CT molecular complexity index is 500. The van der Waals surface area contributed by atoms with E-state index in [0.29, 0.717) is 13.0 Å². The third-order valence-electron chi connectivity index (χ3n) is 3.72. The monoisotopic (exact) mass is 275 g/mol. The van der Waals surface area contributed by atoms with Gasteiger partial charge in [0.1, 0.15) is 11.7 Å². The summed E-state index contributed by atoms with van der Waals surface area (Å²) in [6.45, 7) is 5.77. The molecule has 0 saturated carbocycles. The first-order valence-corrected chi connectivity index (χ1v) is 6.88. The van der Waals surface area contributed by atoms with Crippen molar-refractivity contribution >= 4 is 5.91 Å². The molecule has 1 aliphatic rings. The standard InChI is InChI=1S/C16H21NO3/c1-3-10-20-12(2)15(18)17-11-16(19)9-8-13-6-4-5-7-14(13)16/h3-7,12,19H,1,8-11H2,2H3,(H,17,18). The van der Waals surface area contributed by atoms with Crippen LogP contribution in [0.1, 0.15) is 24.5 Å². The summed E-state index contributed by atoms with van der Waals surface area (Å²) < 4.78 is 5.26. The maximum absolute atomic E-state index is 11.9. The summed E-state index contributed by atoms with van der Waals surface area (Å²) in [5, 5.41) is 13.4. The van der Waals surface area contributed by atoms with Crippen LogP contribution in [0.15, 0.2) is 36.9 Å². The highest BCUT2D eigenvalue weighted by Crippen LogP contribution is 2.36. The average molecular weight is 275 g/mol. The van der Waals surface area contributed by atoms with E-state index >= 15 is 0 Å². The van der Waals surface area contributed by atoms with Crippen LogP contribution in [0, 0.1) is 0 Å². The van der Waals surface area contributed by atoms with Crippen molar-refractivity contribution < 1.29 is 14.6 Å². The lowest BCUT2D eigenvalue weighted by molar-refractivity contribution is -0.132. The first-order chi connectivity index (χ1) is 9.57. The Morgan fingerprint density at radius 2 is 2.35 bits per heavy atom. The fourth-order valence-corrected chi connectivity index (χ4v) is 2.52. The number of amides is 1. The van der Waals surface area contributed by atoms with Gasteiger partial charge in [0.25, 0.3) is 0 Å². The molecule has 1 aliphatic carbocycles. The van der Waals surface area contributed by atoms with Crippen LogP contribution in [-0.2, 0) is 21.6 Å². The summed E-state index contributed by atoms with van der Waals surface area (Å²) in [4.78, 5) is 11.9. The Balaban J connectivity index is 1.94. The van der Waals surface area contributed by atoms with Gasteiger partial charge >= 0.3 is 0 Å². The SMILES string of the molecule is C=CCOC(C)C(=O)NCC1(O)CCc2ccccc21. The van der Waals surface area contributed by atoms with Crippen molar-refractivity contribution in [1.29, 1.82) is 0 Å². The van der Waals surface area contributed by atoms with Gasteiger partial charge in [0.05, 0.1) is 13.2 Å². The van der Waals surface area contributed by atoms with Gasteiger partial charge in [-0.05, 0) is 30.9 Å². The number of rotatable bonds is 6. The molecule has 2 unspecified atom stereocenters. The second-order valence-electron chi connectivity index (χ2n) is 5.17. The van der Waals surface area contributed by atoms with Gasteiger partial charge in [0.15, 0.2) is 0 Å². The highest BCUT2D eigenvalue weighted by molar-refractivity contribution is 5.80. The van der Waals surface area contributed by atoms with Crippen LogP contribution in [0.25, 0.3) is 0 Å². The number of ether oxygens (including phenoxy) is 1. The van der Waals surface area contributed by atoms with E-state index in [0.717, 1.165) is 17.5 Å². The molecule has 0 spiro atoms. The number of carbonyl (C=O) groups excluding carboxylic acids is 1. The normalized spacial score (nSPS) is 22.1. The molecule has 2 rings (SSSR count). The number of carbonyl (C=O) groups is 1. The molecule has 0 fully saturated rings. The smallest absolute Gasteiger partial charge is 0.248 e. The van der Waals surface area contributed by atoms with Crippen LogP contribution in [-0.4, -0.2) is 30.3 Å². The number of benzene rings is 1. The van der Waals surface area contributed by atoms with E-state index in [1.165, 1.54) is 0 Å². The van der Waals surface area contributed by atoms with Crippen molar-refractivity contribution in [2.24, 2.45) is 0 Å². The average Bonchev–Trinajstić information content (AvgIpc) is 2.81. The summed E-state index contributed by atoms with van der Waals surface area (Å²) in [7, 11) is 0. The molecule has 0 bridgehead atoms. The van der Waals surface area contributed by atoms with Crippen LogP contribution in [0.3, 0.4) is 0 Å². The number of aryl methyl sites for hydroxylation is 1. The molecule has 4 heteroatoms. The Hall–Kier alpha value is -1.65. The second kappa shape index (κ2) is 6.20. The Morgan fingerprint density at radius 3 is 3.10 bits per heavy atom. The van der Waals surface area contributed by atoms with Gasteiger partial charge in [-0.25, -0.2) is 0 Å². The number of hydrogen-bond acceptors (Lipinski definition) is 3. The van der Waals surface area contributed by atoms with E-state index in [-0.39, 0.29) is 12.5 Å². The van der Waals surface area contributed by atoms with Crippen molar-refractivity contribution in [3.63, 3.8) is 0 Å². The predicted molar refractivity (Wildman–Crippen MR) is 77.3 cm³/mol. The zero-order chi connectivity index (χ0) is 14.6. The summed E-state index contributed by atoms with van der Waals surface area (Å²) in [6, 6.07) is 7.82. The highest BCUT2D eigenvalue weighted by atomic mass is 16.5. The molecule has 0 aromatic heterocycles. The second-order valence-corrected chi connectivity index (χ2v) is 5.17. The Kier molecular flexibility index (Phi) is 4.57. The lowest BCUT2D eigenvalue weighted by atomic mass is 9.96. The molecule has 0 radical (unpaired) electrons. The molecule has 1 aromatic carbocycles. The van der Waals surface area contributed by atoms with E-state index in [2.05, 4.69) is 11.9 Å². The van der Waals surface area contributed by atoms with Crippen LogP contribution < -0.4 is 5.32 Å². The molecule has 0 aliphatic heterocycles. The molecule has 2 atom stereocenters. The zero-order valence-corrected chi connectivity index (χ0v) is 11.8. The van der Waals surface area contributed by atoms with Crippen LogP contribution >= 0.6 is 0 Å². The molecular weight excluding hydrogens is 254 g/mol. The molecule has 20 heavy (non-hydrogen) atoms. The van der Waals surface area contributed by atoms with Gasteiger partial charge in [0, 0.05) is 0 Å². The minimum atomic E-state index is -0.968. The molecule has 2 N–H and O–H groups in total. The fourth-order valence-electron chi connectivity index (χ4n) is 2.52. The number of aliphatic hydroxyl groups is 1. The van der Waals surface area contributed by atoms with Crippen molar-refractivity contribution in [2.45, 2.75) is 31.5 Å². The van der Waals surface area contributed by atoms with E-state index in [4.69, 9.17) is 4.74 Å². The first kappa shape index (κ1) is 14.8. The largest absolute Gasteiger partial charge is 0.383 e. The third kappa shape index (κ3) is 3.08. The topological polar surface area (TPSA) is 58.6 Å². The van der Waals surface area contributed by atoms with E-state index in [1.54, 1.807) is 13.0 Å². The minimum Gasteiger partial charge on any atom is -0.383 e. The van der Waals surface area contributed by atoms with Gasteiger partial charge in [-0.1, -0.05) is 30.3 Å². The third-order valence-corrected chi connectivity index (χ3v) is 3.72. The lowest BCUT2D eigenvalue weighted by Gasteiger charge is -2.25. The van der Waals surface area contributed by atoms with Crippen LogP contribution in [0.2, 0.25) is 0 Å². The lowest BCUT2D eigenvalue weighted by Crippen LogP contribution is -2.43. The molecule has 1 aromatic rings. The van der Waals surface area contributed by atoms with Crippen molar-refractivity contribution in [1.82, 2.24) is 5.32 Å². The summed E-state index contributed by atoms with van der Waals surface area (Å²) >= 11 is 0. The molecule has 4 nitrogen and oxygen atoms in total. The minimum absolute atomic E-state index is 0.213. The number of fused-ring (bicyclic) bond motifs is 1. The molecular formula is C16H21NO3. The molecule has 1 amide bonds. The van der Waals surface area contributed by atoms with Gasteiger partial charge in [-0.2, -0.15) is 0 Å². The number of hydrogen-bond donors (Lipinski definition) is 2. The zero-order valence-electron chi connectivity index (χ0n) is 11.8. The van der Waals surface area contributed by atoms with Gasteiger partial charge in [-0.15, -0.1) is 6.58 Å². The molecule has 108 valence electrons. The fraction of sp³-hybridized carbons (Fsp3) is 0.438. The van der Waals surface area contributed by atoms with Crippen molar-refractivity contribution in [3.05, 3.63) is 48.0 Å². The predicted octanol–water partition coefficient (Wildman–Crippen LogP) is 1.53. The van der Waals surface area contributed by atoms with Gasteiger partial charge in [0.2, 0.25) is 5.91 Å². The highest BCUT2D eigenvalue weighted by Gasteiger charge is 2.36. The number of nitrogens with one attached hydrogen (secondary N) is 1. The Morgan fingerprint density at radius 1 is 1.60 bits per heavy atom. The van der Waals surface area contributed by atoms with E-state index < -0.39 is 11.7 Å². The van der Waals surface area contributed by atoms with Crippen molar-refractivity contribution in [3.8, 4) is 0 Å². The van der Waals surface area contributed by atoms with Gasteiger partial charge < -0.3 is 15.2 Å². The van der Waals surface area contributed by atoms with E-state index in [9.17, 15) is 9.90 Å². The van der Waals surface area contributed by atoms with Crippen LogP contribution in [0.4, 0.5) is 0 Å². The van der Waals surface area contributed by atoms with E-state index in [1.807, 2.05) is 24.3 Å².